The number of hydrogen-bond acceptors (Lipinski definition) is 9. The average molecular weight is 391 g/mol. The molecule has 9 nitrogen and oxygen atoms in total. The number of rotatable bonds is 7. The summed E-state index contributed by atoms with van der Waals surface area (Å²) in [4.78, 5) is 12.2. The number of hydrogen-bond donors (Lipinski definition) is 5. The van der Waals surface area contributed by atoms with Crippen molar-refractivity contribution in [3.8, 4) is 0 Å². The van der Waals surface area contributed by atoms with Gasteiger partial charge in [-0.3, -0.25) is 4.90 Å². The third-order valence-electron chi connectivity index (χ3n) is 4.59. The van der Waals surface area contributed by atoms with E-state index in [0.29, 0.717) is 36.7 Å². The zero-order chi connectivity index (χ0) is 20.1. The summed E-state index contributed by atoms with van der Waals surface area (Å²) in [5, 5.41) is 10.7. The Morgan fingerprint density at radius 2 is 1.86 bits per heavy atom. The average Bonchev–Trinajstić information content (AvgIpc) is 2.68. The Hall–Kier alpha value is -3.05. The Morgan fingerprint density at radius 1 is 1.14 bits per heavy atom. The van der Waals surface area contributed by atoms with Gasteiger partial charge in [0.25, 0.3) is 0 Å². The van der Waals surface area contributed by atoms with Crippen LogP contribution < -0.4 is 27.2 Å². The molecule has 0 unspecified atom stereocenters. The van der Waals surface area contributed by atoms with Gasteiger partial charge in [0.2, 0.25) is 5.95 Å². The monoisotopic (exact) mass is 391 g/mol. The Labute approximate surface area is 161 Å². The fraction of sp³-hybridized carbons (Fsp3) is 0.353. The van der Waals surface area contributed by atoms with Crippen molar-refractivity contribution in [3.63, 3.8) is 0 Å². The summed E-state index contributed by atoms with van der Waals surface area (Å²) in [6.45, 7) is 4.10. The normalized spacial score (nSPS) is 14.8. The zero-order valence-corrected chi connectivity index (χ0v) is 15.3. The van der Waals surface area contributed by atoms with Crippen molar-refractivity contribution in [2.24, 2.45) is 5.84 Å². The minimum Gasteiger partial charge on any atom is -0.368 e. The highest BCUT2D eigenvalue weighted by molar-refractivity contribution is 5.91. The lowest BCUT2D eigenvalue weighted by Gasteiger charge is -2.36. The van der Waals surface area contributed by atoms with Crippen molar-refractivity contribution in [2.45, 2.75) is 0 Å². The fourth-order valence-electron chi connectivity index (χ4n) is 3.15. The van der Waals surface area contributed by atoms with Crippen LogP contribution in [-0.4, -0.2) is 60.4 Å². The van der Waals surface area contributed by atoms with E-state index in [4.69, 9.17) is 17.0 Å². The van der Waals surface area contributed by atoms with E-state index < -0.39 is 11.6 Å². The van der Waals surface area contributed by atoms with Crippen LogP contribution in [0.15, 0.2) is 18.2 Å². The zero-order valence-electron chi connectivity index (χ0n) is 15.3. The highest BCUT2D eigenvalue weighted by Gasteiger charge is 2.20. The van der Waals surface area contributed by atoms with Gasteiger partial charge in [0.15, 0.2) is 5.82 Å². The molecule has 11 heteroatoms. The smallest absolute Gasteiger partial charge is 0.224 e. The molecule has 0 aliphatic carbocycles. The van der Waals surface area contributed by atoms with Crippen molar-refractivity contribution < 1.29 is 8.78 Å². The molecule has 1 aliphatic heterocycles. The number of hydrazine groups is 1. The predicted molar refractivity (Wildman–Crippen MR) is 106 cm³/mol. The molecule has 1 saturated heterocycles. The van der Waals surface area contributed by atoms with Gasteiger partial charge in [0.1, 0.15) is 17.5 Å². The lowest BCUT2D eigenvalue weighted by molar-refractivity contribution is 0.266. The third-order valence-corrected chi connectivity index (χ3v) is 4.59. The van der Waals surface area contributed by atoms with Crippen LogP contribution >= 0.6 is 0 Å². The van der Waals surface area contributed by atoms with E-state index in [2.05, 4.69) is 25.6 Å². The summed E-state index contributed by atoms with van der Waals surface area (Å²) in [6, 6.07) is 3.65. The summed E-state index contributed by atoms with van der Waals surface area (Å²) >= 11 is 0. The lowest BCUT2D eigenvalue weighted by atomic mass is 10.2. The molecule has 28 heavy (non-hydrogen) atoms. The first-order valence-electron chi connectivity index (χ1n) is 8.82. The molecule has 0 atom stereocenters. The molecule has 0 bridgehead atoms. The second-order valence-corrected chi connectivity index (χ2v) is 6.33. The van der Waals surface area contributed by atoms with Crippen molar-refractivity contribution in [1.29, 1.82) is 5.41 Å². The molecule has 0 amide bonds. The van der Waals surface area contributed by atoms with Crippen LogP contribution in [0.25, 0.3) is 0 Å². The van der Waals surface area contributed by atoms with E-state index in [9.17, 15) is 8.78 Å². The number of anilines is 4. The van der Waals surface area contributed by atoms with Gasteiger partial charge in [-0.1, -0.05) is 0 Å². The second-order valence-electron chi connectivity index (χ2n) is 6.33. The molecule has 7 N–H and O–H groups in total. The van der Waals surface area contributed by atoms with Gasteiger partial charge in [0.05, 0.1) is 11.3 Å². The number of nitrogens with two attached hydrogens (primary N) is 2. The molecule has 2 heterocycles. The number of halogens is 2. The van der Waals surface area contributed by atoms with Crippen LogP contribution in [0.5, 0.6) is 0 Å². The second kappa shape index (κ2) is 8.76. The maximum Gasteiger partial charge on any atom is 0.224 e. The van der Waals surface area contributed by atoms with Gasteiger partial charge in [-0.05, 0) is 12.1 Å². The van der Waals surface area contributed by atoms with E-state index >= 15 is 0 Å². The summed E-state index contributed by atoms with van der Waals surface area (Å²) in [6.07, 6.45) is 1.10. The van der Waals surface area contributed by atoms with Gasteiger partial charge in [-0.15, -0.1) is 0 Å². The summed E-state index contributed by atoms with van der Waals surface area (Å²) in [5.74, 6) is 5.05. The Bertz CT molecular complexity index is 838. The van der Waals surface area contributed by atoms with E-state index in [-0.39, 0.29) is 11.8 Å². The van der Waals surface area contributed by atoms with Crippen molar-refractivity contribution in [3.05, 3.63) is 35.4 Å². The van der Waals surface area contributed by atoms with Crippen LogP contribution in [-0.2, 0) is 0 Å². The van der Waals surface area contributed by atoms with Gasteiger partial charge in [0, 0.05) is 51.5 Å². The minimum atomic E-state index is -0.575. The Morgan fingerprint density at radius 3 is 2.50 bits per heavy atom. The standard InChI is InChI=1S/C17H23F2N9/c18-11-1-2-14(13(19)9-11)28-7-5-27(6-8-28)4-3-23-15-12(10-20)16(26-22)25-17(21)24-15/h1-2,9-10,20H,3-8,22H2,(H4,21,23,24,25,26). The molecule has 1 aromatic heterocycles. The van der Waals surface area contributed by atoms with Crippen LogP contribution in [0.1, 0.15) is 5.56 Å². The van der Waals surface area contributed by atoms with Crippen molar-refractivity contribution in [1.82, 2.24) is 14.9 Å². The number of nitrogens with one attached hydrogen (secondary N) is 3. The minimum absolute atomic E-state index is 0.0518. The predicted octanol–water partition coefficient (Wildman–Crippen LogP) is 0.854. The van der Waals surface area contributed by atoms with Gasteiger partial charge < -0.3 is 26.8 Å². The summed E-state index contributed by atoms with van der Waals surface area (Å²) in [7, 11) is 0. The van der Waals surface area contributed by atoms with Gasteiger partial charge in [-0.2, -0.15) is 9.97 Å². The van der Waals surface area contributed by atoms with E-state index in [1.807, 2.05) is 4.90 Å². The van der Waals surface area contributed by atoms with E-state index in [0.717, 1.165) is 31.9 Å². The number of nitrogens with zero attached hydrogens (tertiary/aromatic N) is 4. The molecule has 150 valence electrons. The SMILES string of the molecule is N=Cc1c(NN)nc(N)nc1NCCN1CCN(c2ccc(F)cc2F)CC1. The largest absolute Gasteiger partial charge is 0.368 e. The molecule has 3 rings (SSSR count). The molecule has 0 radical (unpaired) electrons. The van der Waals surface area contributed by atoms with Crippen LogP contribution in [0.2, 0.25) is 0 Å². The maximum atomic E-state index is 13.9. The number of benzene rings is 1. The Kier molecular flexibility index (Phi) is 6.16. The molecule has 0 spiro atoms. The van der Waals surface area contributed by atoms with Crippen LogP contribution in [0.3, 0.4) is 0 Å². The topological polar surface area (TPSA) is 132 Å². The van der Waals surface area contributed by atoms with Crippen molar-refractivity contribution >= 4 is 29.5 Å². The van der Waals surface area contributed by atoms with Gasteiger partial charge in [-0.25, -0.2) is 14.6 Å². The summed E-state index contributed by atoms with van der Waals surface area (Å²) in [5.41, 5.74) is 8.91. The highest BCUT2D eigenvalue weighted by atomic mass is 19.1. The van der Waals surface area contributed by atoms with Crippen LogP contribution in [0, 0.1) is 17.0 Å². The molecule has 1 aliphatic rings. The maximum absolute atomic E-state index is 13.9. The molecule has 1 aromatic carbocycles. The quantitative estimate of drug-likeness (QED) is 0.267. The third kappa shape index (κ3) is 4.43. The number of nitrogen functional groups attached to an aromatic ring is 2. The first kappa shape index (κ1) is 19.7. The Balaban J connectivity index is 1.52. The molecule has 2 aromatic rings. The number of piperazine rings is 1. The first-order chi connectivity index (χ1) is 13.5. The van der Waals surface area contributed by atoms with Gasteiger partial charge >= 0.3 is 0 Å². The number of aromatic nitrogens is 2. The van der Waals surface area contributed by atoms with E-state index in [1.165, 1.54) is 12.1 Å². The van der Waals surface area contributed by atoms with Crippen molar-refractivity contribution in [2.75, 3.05) is 60.6 Å². The molecular formula is C17H23F2N9. The fourth-order valence-corrected chi connectivity index (χ4v) is 3.15. The molecule has 1 fully saturated rings. The first-order valence-corrected chi connectivity index (χ1v) is 8.82. The van der Waals surface area contributed by atoms with Crippen LogP contribution in [0.4, 0.5) is 32.1 Å². The highest BCUT2D eigenvalue weighted by Crippen LogP contribution is 2.22. The lowest BCUT2D eigenvalue weighted by Crippen LogP contribution is -2.48. The van der Waals surface area contributed by atoms with E-state index in [1.54, 1.807) is 0 Å². The molecule has 0 saturated carbocycles. The summed E-state index contributed by atoms with van der Waals surface area (Å²) < 4.78 is 27.0. The molecular weight excluding hydrogens is 368 g/mol.